The van der Waals surface area contributed by atoms with Crippen LogP contribution in [0.2, 0.25) is 0 Å². The molecule has 0 aliphatic rings. The molecule has 0 bridgehead atoms. The number of ether oxygens (including phenoxy) is 1. The Bertz CT molecular complexity index is 584. The number of methoxy groups -OCH3 is 1. The highest BCUT2D eigenvalue weighted by Crippen LogP contribution is 2.31. The fourth-order valence-corrected chi connectivity index (χ4v) is 2.74. The van der Waals surface area contributed by atoms with Gasteiger partial charge in [-0.1, -0.05) is 0 Å². The van der Waals surface area contributed by atoms with Crippen molar-refractivity contribution >= 4 is 33.3 Å². The molecule has 6 nitrogen and oxygen atoms in total. The highest BCUT2D eigenvalue weighted by Gasteiger charge is 2.21. The topological polar surface area (TPSA) is 81.3 Å². The first-order valence-electron chi connectivity index (χ1n) is 5.96. The lowest BCUT2D eigenvalue weighted by Crippen LogP contribution is -2.33. The summed E-state index contributed by atoms with van der Waals surface area (Å²) in [5.41, 5.74) is 7.00. The normalized spacial score (nSPS) is 10.8. The van der Waals surface area contributed by atoms with E-state index in [2.05, 4.69) is 9.97 Å². The van der Waals surface area contributed by atoms with Crippen LogP contribution in [-0.4, -0.2) is 47.6 Å². The zero-order valence-corrected chi connectivity index (χ0v) is 11.7. The van der Waals surface area contributed by atoms with Crippen molar-refractivity contribution in [2.45, 2.75) is 6.92 Å². The van der Waals surface area contributed by atoms with E-state index >= 15 is 0 Å². The predicted octanol–water partition coefficient (Wildman–Crippen LogP) is 1.38. The van der Waals surface area contributed by atoms with Gasteiger partial charge >= 0.3 is 0 Å². The average Bonchev–Trinajstić information content (AvgIpc) is 2.77. The van der Waals surface area contributed by atoms with Crippen LogP contribution in [0.5, 0.6) is 0 Å². The second-order valence-electron chi connectivity index (χ2n) is 3.93. The number of anilines is 1. The Morgan fingerprint density at radius 2 is 2.21 bits per heavy atom. The maximum Gasteiger partial charge on any atom is 0.266 e. The molecule has 0 aromatic carbocycles. The number of nitrogen functional groups attached to an aromatic ring is 1. The monoisotopic (exact) mass is 280 g/mol. The Kier molecular flexibility index (Phi) is 4.28. The maximum atomic E-state index is 12.4. The molecule has 0 saturated heterocycles. The molecule has 0 atom stereocenters. The molecule has 2 rings (SSSR count). The molecule has 2 heterocycles. The lowest BCUT2D eigenvalue weighted by molar-refractivity contribution is 0.0712. The van der Waals surface area contributed by atoms with Crippen molar-refractivity contribution in [3.8, 4) is 0 Å². The Balaban J connectivity index is 2.32. The summed E-state index contributed by atoms with van der Waals surface area (Å²) in [6, 6.07) is 0. The quantitative estimate of drug-likeness (QED) is 0.895. The predicted molar refractivity (Wildman–Crippen MR) is 75.3 cm³/mol. The molecule has 2 aromatic rings. The van der Waals surface area contributed by atoms with Crippen molar-refractivity contribution in [1.82, 2.24) is 14.9 Å². The molecule has 0 aliphatic carbocycles. The molecule has 0 saturated carbocycles. The molecule has 0 aliphatic heterocycles. The van der Waals surface area contributed by atoms with Crippen LogP contribution in [0.15, 0.2) is 12.4 Å². The number of hydrogen-bond donors (Lipinski definition) is 1. The summed E-state index contributed by atoms with van der Waals surface area (Å²) < 4.78 is 5.00. The van der Waals surface area contributed by atoms with Crippen LogP contribution >= 0.6 is 11.3 Å². The molecule has 19 heavy (non-hydrogen) atoms. The number of carbonyl (C=O) groups excluding carboxylic acids is 1. The lowest BCUT2D eigenvalue weighted by atomic mass is 10.3. The summed E-state index contributed by atoms with van der Waals surface area (Å²) in [6.45, 7) is 3.57. The zero-order chi connectivity index (χ0) is 13.8. The third-order valence-electron chi connectivity index (χ3n) is 2.79. The molecular formula is C12H16N4O2S. The fourth-order valence-electron chi connectivity index (χ4n) is 1.75. The summed E-state index contributed by atoms with van der Waals surface area (Å²) in [5, 5.41) is 0. The van der Waals surface area contributed by atoms with Crippen molar-refractivity contribution in [3.05, 3.63) is 17.3 Å². The highest BCUT2D eigenvalue weighted by molar-refractivity contribution is 7.21. The van der Waals surface area contributed by atoms with Crippen LogP contribution in [0.4, 0.5) is 5.69 Å². The number of rotatable bonds is 5. The van der Waals surface area contributed by atoms with Gasteiger partial charge in [0.05, 0.1) is 12.3 Å². The standard InChI is InChI=1S/C12H16N4O2S/c1-3-16(6-7-18-2)12(17)10-8(13)9-11(19-10)15-5-4-14-9/h4-5H,3,6-7,13H2,1-2H3. The zero-order valence-electron chi connectivity index (χ0n) is 10.9. The summed E-state index contributed by atoms with van der Waals surface area (Å²) in [6.07, 6.45) is 3.16. The summed E-state index contributed by atoms with van der Waals surface area (Å²) in [5.74, 6) is -0.0955. The van der Waals surface area contributed by atoms with Crippen LogP contribution in [0.1, 0.15) is 16.6 Å². The van der Waals surface area contributed by atoms with E-state index in [0.29, 0.717) is 40.6 Å². The molecule has 0 radical (unpaired) electrons. The van der Waals surface area contributed by atoms with E-state index in [9.17, 15) is 4.79 Å². The van der Waals surface area contributed by atoms with E-state index in [4.69, 9.17) is 10.5 Å². The van der Waals surface area contributed by atoms with Gasteiger partial charge in [0.1, 0.15) is 15.2 Å². The largest absolute Gasteiger partial charge is 0.396 e. The third kappa shape index (κ3) is 2.66. The van der Waals surface area contributed by atoms with Crippen molar-refractivity contribution < 1.29 is 9.53 Å². The van der Waals surface area contributed by atoms with E-state index in [1.54, 1.807) is 24.4 Å². The van der Waals surface area contributed by atoms with Crippen molar-refractivity contribution in [1.29, 1.82) is 0 Å². The van der Waals surface area contributed by atoms with E-state index < -0.39 is 0 Å². The lowest BCUT2D eigenvalue weighted by Gasteiger charge is -2.19. The van der Waals surface area contributed by atoms with Gasteiger partial charge < -0.3 is 15.4 Å². The molecule has 102 valence electrons. The molecule has 2 N–H and O–H groups in total. The molecule has 2 aromatic heterocycles. The highest BCUT2D eigenvalue weighted by atomic mass is 32.1. The number of fused-ring (bicyclic) bond motifs is 1. The SMILES string of the molecule is CCN(CCOC)C(=O)c1sc2nccnc2c1N. The first kappa shape index (κ1) is 13.7. The van der Waals surface area contributed by atoms with Gasteiger partial charge in [0.2, 0.25) is 0 Å². The van der Waals surface area contributed by atoms with Crippen molar-refractivity contribution in [3.63, 3.8) is 0 Å². The second kappa shape index (κ2) is 5.94. The molecular weight excluding hydrogens is 264 g/mol. The Morgan fingerprint density at radius 3 is 2.84 bits per heavy atom. The van der Waals surface area contributed by atoms with Gasteiger partial charge in [-0.3, -0.25) is 4.79 Å². The van der Waals surface area contributed by atoms with Crippen LogP contribution in [0.3, 0.4) is 0 Å². The smallest absolute Gasteiger partial charge is 0.266 e. The number of amides is 1. The number of carbonyl (C=O) groups is 1. The molecule has 0 unspecified atom stereocenters. The number of hydrogen-bond acceptors (Lipinski definition) is 6. The van der Waals surface area contributed by atoms with Gasteiger partial charge in [-0.15, -0.1) is 11.3 Å². The number of thiophene rings is 1. The van der Waals surface area contributed by atoms with Gasteiger partial charge in [0.25, 0.3) is 5.91 Å². The van der Waals surface area contributed by atoms with Gasteiger partial charge in [0.15, 0.2) is 0 Å². The molecule has 1 amide bonds. The Hall–Kier alpha value is -1.73. The summed E-state index contributed by atoms with van der Waals surface area (Å²) >= 11 is 1.28. The molecule has 0 fully saturated rings. The number of aromatic nitrogens is 2. The third-order valence-corrected chi connectivity index (χ3v) is 3.88. The minimum atomic E-state index is -0.0955. The fraction of sp³-hybridized carbons (Fsp3) is 0.417. The maximum absolute atomic E-state index is 12.4. The average molecular weight is 280 g/mol. The number of nitrogens with two attached hydrogens (primary N) is 1. The Labute approximate surface area is 115 Å². The van der Waals surface area contributed by atoms with Crippen LogP contribution in [-0.2, 0) is 4.74 Å². The van der Waals surface area contributed by atoms with Gasteiger partial charge in [-0.2, -0.15) is 0 Å². The minimum Gasteiger partial charge on any atom is -0.396 e. The van der Waals surface area contributed by atoms with Gasteiger partial charge in [-0.05, 0) is 6.92 Å². The van der Waals surface area contributed by atoms with Crippen molar-refractivity contribution in [2.75, 3.05) is 32.5 Å². The Morgan fingerprint density at radius 1 is 1.47 bits per heavy atom. The molecule has 0 spiro atoms. The van der Waals surface area contributed by atoms with E-state index in [1.807, 2.05) is 6.92 Å². The van der Waals surface area contributed by atoms with Gasteiger partial charge in [0, 0.05) is 32.6 Å². The second-order valence-corrected chi connectivity index (χ2v) is 4.93. The minimum absolute atomic E-state index is 0.0955. The van der Waals surface area contributed by atoms with Crippen molar-refractivity contribution in [2.24, 2.45) is 0 Å². The van der Waals surface area contributed by atoms with Crippen LogP contribution < -0.4 is 5.73 Å². The van der Waals surface area contributed by atoms with E-state index in [-0.39, 0.29) is 5.91 Å². The van der Waals surface area contributed by atoms with Crippen LogP contribution in [0.25, 0.3) is 10.3 Å². The summed E-state index contributed by atoms with van der Waals surface area (Å²) in [7, 11) is 1.61. The first-order valence-corrected chi connectivity index (χ1v) is 6.77. The van der Waals surface area contributed by atoms with Crippen LogP contribution in [0, 0.1) is 0 Å². The number of nitrogens with zero attached hydrogens (tertiary/aromatic N) is 3. The first-order chi connectivity index (χ1) is 9.19. The summed E-state index contributed by atoms with van der Waals surface area (Å²) in [4.78, 5) is 23.6. The number of likely N-dealkylation sites (N-methyl/N-ethyl adjacent to an activating group) is 1. The van der Waals surface area contributed by atoms with Gasteiger partial charge in [-0.25, -0.2) is 9.97 Å². The van der Waals surface area contributed by atoms with E-state index in [1.165, 1.54) is 11.3 Å². The molecule has 7 heteroatoms. The van der Waals surface area contributed by atoms with E-state index in [0.717, 1.165) is 0 Å².